The first-order valence-electron chi connectivity index (χ1n) is 6.58. The van der Waals surface area contributed by atoms with Crippen molar-refractivity contribution in [3.63, 3.8) is 0 Å². The van der Waals surface area contributed by atoms with Crippen molar-refractivity contribution in [2.75, 3.05) is 5.73 Å². The van der Waals surface area contributed by atoms with Crippen LogP contribution in [0.1, 0.15) is 17.4 Å². The third-order valence-electron chi connectivity index (χ3n) is 3.17. The summed E-state index contributed by atoms with van der Waals surface area (Å²) in [4.78, 5) is 15.0. The number of nitrogens with two attached hydrogens (primary N) is 1. The van der Waals surface area contributed by atoms with Crippen molar-refractivity contribution in [2.24, 2.45) is 0 Å². The van der Waals surface area contributed by atoms with Gasteiger partial charge < -0.3 is 10.7 Å². The fourth-order valence-electron chi connectivity index (χ4n) is 2.26. The van der Waals surface area contributed by atoms with Crippen molar-refractivity contribution in [2.45, 2.75) is 12.5 Å². The number of imidazole rings is 1. The summed E-state index contributed by atoms with van der Waals surface area (Å²) in [6, 6.07) is 8.62. The van der Waals surface area contributed by atoms with Gasteiger partial charge in [-0.1, -0.05) is 30.3 Å². The molecule has 1 atom stereocenters. The molecular weight excluding hydrogens is 322 g/mol. The third kappa shape index (κ3) is 3.62. The molecule has 0 saturated heterocycles. The first kappa shape index (κ1) is 15.3. The molecule has 2 aromatic heterocycles. The number of hydrogen-bond acceptors (Lipinski definition) is 7. The summed E-state index contributed by atoms with van der Waals surface area (Å²) < 4.78 is 36.1. The zero-order chi connectivity index (χ0) is 16.4. The second-order valence-corrected chi connectivity index (χ2v) is 5.80. The fraction of sp³-hybridized carbons (Fsp3) is 0.154. The van der Waals surface area contributed by atoms with E-state index in [1.54, 1.807) is 30.3 Å². The van der Waals surface area contributed by atoms with Gasteiger partial charge >= 0.3 is 10.4 Å². The van der Waals surface area contributed by atoms with E-state index in [0.717, 1.165) is 0 Å². The van der Waals surface area contributed by atoms with Crippen molar-refractivity contribution < 1.29 is 17.2 Å². The van der Waals surface area contributed by atoms with Crippen molar-refractivity contribution in [3.8, 4) is 0 Å². The molecule has 4 N–H and O–H groups in total. The van der Waals surface area contributed by atoms with Gasteiger partial charge in [0.1, 0.15) is 11.6 Å². The molecule has 0 bridgehead atoms. The van der Waals surface area contributed by atoms with Gasteiger partial charge in [-0.2, -0.15) is 13.4 Å². The maximum absolute atomic E-state index is 11.1. The molecule has 1 unspecified atom stereocenters. The average Bonchev–Trinajstić information content (AvgIpc) is 2.94. The van der Waals surface area contributed by atoms with Crippen molar-refractivity contribution in [1.29, 1.82) is 0 Å². The van der Waals surface area contributed by atoms with Gasteiger partial charge in [0.25, 0.3) is 0 Å². The summed E-state index contributed by atoms with van der Waals surface area (Å²) in [5.41, 5.74) is 7.53. The van der Waals surface area contributed by atoms with Crippen LogP contribution in [0.5, 0.6) is 0 Å². The largest absolute Gasteiger partial charge is 0.397 e. The molecule has 23 heavy (non-hydrogen) atoms. The minimum absolute atomic E-state index is 0.0123. The van der Waals surface area contributed by atoms with Gasteiger partial charge in [0.05, 0.1) is 12.0 Å². The van der Waals surface area contributed by atoms with Crippen LogP contribution in [0.15, 0.2) is 36.7 Å². The van der Waals surface area contributed by atoms with Crippen molar-refractivity contribution in [1.82, 2.24) is 19.9 Å². The van der Waals surface area contributed by atoms with E-state index in [0.29, 0.717) is 22.4 Å². The predicted molar refractivity (Wildman–Crippen MR) is 81.6 cm³/mol. The minimum atomic E-state index is -4.64. The summed E-state index contributed by atoms with van der Waals surface area (Å²) in [6.45, 7) is 0. The van der Waals surface area contributed by atoms with Gasteiger partial charge in [0.15, 0.2) is 5.65 Å². The Morgan fingerprint density at radius 1 is 1.26 bits per heavy atom. The smallest absolute Gasteiger partial charge is 0.368 e. The van der Waals surface area contributed by atoms with E-state index in [2.05, 4.69) is 19.9 Å². The van der Waals surface area contributed by atoms with Crippen LogP contribution < -0.4 is 5.73 Å². The van der Waals surface area contributed by atoms with Crippen LogP contribution >= 0.6 is 0 Å². The predicted octanol–water partition coefficient (Wildman–Crippen LogP) is 1.04. The first-order valence-corrected chi connectivity index (χ1v) is 7.95. The fourth-order valence-corrected chi connectivity index (χ4v) is 2.73. The quantitative estimate of drug-likeness (QED) is 0.586. The van der Waals surface area contributed by atoms with E-state index in [1.165, 1.54) is 6.33 Å². The SMILES string of the molecule is Nc1nc(CC(OS(=O)(=O)O)c2ccccc2)c2[nH]cnc2n1. The van der Waals surface area contributed by atoms with Crippen LogP contribution in [0.25, 0.3) is 11.2 Å². The van der Waals surface area contributed by atoms with E-state index < -0.39 is 16.5 Å². The number of aromatic nitrogens is 4. The number of aromatic amines is 1. The number of rotatable bonds is 5. The summed E-state index contributed by atoms with van der Waals surface area (Å²) >= 11 is 0. The lowest BCUT2D eigenvalue weighted by atomic mass is 10.0. The number of nitrogens with zero attached hydrogens (tertiary/aromatic N) is 3. The Kier molecular flexibility index (Phi) is 3.94. The molecule has 0 fully saturated rings. The van der Waals surface area contributed by atoms with E-state index >= 15 is 0 Å². The first-order chi connectivity index (χ1) is 10.9. The summed E-state index contributed by atoms with van der Waals surface area (Å²) in [5, 5.41) is 0. The molecule has 0 amide bonds. The third-order valence-corrected chi connectivity index (χ3v) is 3.64. The Hall–Kier alpha value is -2.56. The number of fused-ring (bicyclic) bond motifs is 1. The highest BCUT2D eigenvalue weighted by Crippen LogP contribution is 2.25. The number of benzene rings is 1. The topological polar surface area (TPSA) is 144 Å². The Balaban J connectivity index is 2.02. The molecule has 0 aliphatic carbocycles. The van der Waals surface area contributed by atoms with Gasteiger partial charge in [-0.05, 0) is 5.56 Å². The highest BCUT2D eigenvalue weighted by molar-refractivity contribution is 7.80. The minimum Gasteiger partial charge on any atom is -0.368 e. The maximum Gasteiger partial charge on any atom is 0.397 e. The van der Waals surface area contributed by atoms with E-state index in [4.69, 9.17) is 14.5 Å². The Morgan fingerprint density at radius 3 is 2.70 bits per heavy atom. The summed E-state index contributed by atoms with van der Waals surface area (Å²) in [6.07, 6.45) is 0.519. The molecular formula is C13H13N5O4S. The summed E-state index contributed by atoms with van der Waals surface area (Å²) in [7, 11) is -4.64. The molecule has 0 spiro atoms. The van der Waals surface area contributed by atoms with Gasteiger partial charge in [0.2, 0.25) is 5.95 Å². The van der Waals surface area contributed by atoms with Crippen LogP contribution in [0, 0.1) is 0 Å². The highest BCUT2D eigenvalue weighted by atomic mass is 32.3. The van der Waals surface area contributed by atoms with E-state index in [1.807, 2.05) is 0 Å². The average molecular weight is 335 g/mol. The number of anilines is 1. The molecule has 9 nitrogen and oxygen atoms in total. The van der Waals surface area contributed by atoms with Crippen LogP contribution in [0.2, 0.25) is 0 Å². The summed E-state index contributed by atoms with van der Waals surface area (Å²) in [5.74, 6) is 0.0123. The lowest BCUT2D eigenvalue weighted by molar-refractivity contribution is 0.183. The number of nitrogen functional groups attached to an aromatic ring is 1. The second-order valence-electron chi connectivity index (χ2n) is 4.76. The van der Waals surface area contributed by atoms with E-state index in [-0.39, 0.29) is 12.4 Å². The zero-order valence-corrected chi connectivity index (χ0v) is 12.6. The lowest BCUT2D eigenvalue weighted by Crippen LogP contribution is -2.15. The molecule has 0 saturated carbocycles. The normalized spacial score (nSPS) is 13.3. The maximum atomic E-state index is 11.1. The molecule has 0 aliphatic rings. The number of hydrogen-bond donors (Lipinski definition) is 3. The highest BCUT2D eigenvalue weighted by Gasteiger charge is 2.22. The van der Waals surface area contributed by atoms with Crippen LogP contribution in [-0.4, -0.2) is 32.9 Å². The Bertz CT molecular complexity index is 926. The molecule has 3 aromatic rings. The van der Waals surface area contributed by atoms with Crippen LogP contribution in [-0.2, 0) is 21.0 Å². The van der Waals surface area contributed by atoms with Crippen molar-refractivity contribution >= 4 is 27.5 Å². The molecule has 120 valence electrons. The molecule has 0 radical (unpaired) electrons. The number of nitrogens with one attached hydrogen (secondary N) is 1. The Labute approximate surface area is 131 Å². The lowest BCUT2D eigenvalue weighted by Gasteiger charge is -2.16. The van der Waals surface area contributed by atoms with Gasteiger partial charge in [-0.3, -0.25) is 4.55 Å². The zero-order valence-electron chi connectivity index (χ0n) is 11.7. The van der Waals surface area contributed by atoms with Gasteiger partial charge in [-0.25, -0.2) is 14.2 Å². The molecule has 10 heteroatoms. The molecule has 0 aliphatic heterocycles. The standard InChI is InChI=1S/C13H13N5O4S/c14-13-17-9(11-12(18-13)16-7-15-11)6-10(22-23(19,20)21)8-4-2-1-3-5-8/h1-5,7,10H,6H2,(H,19,20,21)(H3,14,15,16,17,18). The number of H-pyrrole nitrogens is 1. The van der Waals surface area contributed by atoms with Gasteiger partial charge in [-0.15, -0.1) is 0 Å². The van der Waals surface area contributed by atoms with E-state index in [9.17, 15) is 8.42 Å². The second kappa shape index (κ2) is 5.91. The Morgan fingerprint density at radius 2 is 2.00 bits per heavy atom. The van der Waals surface area contributed by atoms with Gasteiger partial charge in [0, 0.05) is 6.42 Å². The van der Waals surface area contributed by atoms with Crippen molar-refractivity contribution in [3.05, 3.63) is 47.9 Å². The molecule has 1 aromatic carbocycles. The molecule has 3 rings (SSSR count). The van der Waals surface area contributed by atoms with Crippen LogP contribution in [0.4, 0.5) is 5.95 Å². The monoisotopic (exact) mass is 335 g/mol. The molecule has 2 heterocycles. The van der Waals surface area contributed by atoms with Crippen LogP contribution in [0.3, 0.4) is 0 Å².